The van der Waals surface area contributed by atoms with Gasteiger partial charge in [0, 0.05) is 13.3 Å². The minimum Gasteiger partial charge on any atom is -0.383 e. The summed E-state index contributed by atoms with van der Waals surface area (Å²) in [6.07, 6.45) is 3.81. The Morgan fingerprint density at radius 3 is 3.15 bits per heavy atom. The van der Waals surface area contributed by atoms with Gasteiger partial charge in [-0.2, -0.15) is 0 Å². The maximum absolute atomic E-state index is 5.39. The van der Waals surface area contributed by atoms with E-state index in [9.17, 15) is 0 Å². The second-order valence-corrected chi connectivity index (χ2v) is 2.86. The maximum atomic E-state index is 5.39. The number of nitrogens with zero attached hydrogens (tertiary/aromatic N) is 3. The van der Waals surface area contributed by atoms with Gasteiger partial charge in [0.1, 0.15) is 0 Å². The van der Waals surface area contributed by atoms with Crippen LogP contribution in [0.1, 0.15) is 12.1 Å². The highest BCUT2D eigenvalue weighted by Crippen LogP contribution is 1.96. The minimum absolute atomic E-state index is 0.666. The first kappa shape index (κ1) is 10.1. The lowest BCUT2D eigenvalue weighted by Gasteiger charge is -1.96. The highest BCUT2D eigenvalue weighted by molar-refractivity contribution is 4.92. The van der Waals surface area contributed by atoms with Crippen molar-refractivity contribution in [2.45, 2.75) is 19.4 Å². The van der Waals surface area contributed by atoms with Crippen molar-refractivity contribution in [1.82, 2.24) is 15.0 Å². The van der Waals surface area contributed by atoms with Crippen molar-refractivity contribution in [3.05, 3.63) is 11.9 Å². The number of ether oxygens (including phenoxy) is 1. The highest BCUT2D eigenvalue weighted by Gasteiger charge is 1.98. The van der Waals surface area contributed by atoms with E-state index in [1.165, 1.54) is 0 Å². The number of aromatic nitrogens is 3. The molecule has 0 aliphatic heterocycles. The van der Waals surface area contributed by atoms with Gasteiger partial charge in [-0.25, -0.2) is 4.68 Å². The van der Waals surface area contributed by atoms with E-state index in [1.807, 2.05) is 6.20 Å². The quantitative estimate of drug-likeness (QED) is 0.665. The lowest BCUT2D eigenvalue weighted by atomic mass is 10.2. The van der Waals surface area contributed by atoms with Crippen LogP contribution < -0.4 is 5.73 Å². The van der Waals surface area contributed by atoms with Gasteiger partial charge in [0.25, 0.3) is 0 Å². The maximum Gasteiger partial charge on any atom is 0.0827 e. The molecule has 0 radical (unpaired) electrons. The summed E-state index contributed by atoms with van der Waals surface area (Å²) in [4.78, 5) is 0. The predicted octanol–water partition coefficient (Wildman–Crippen LogP) is -0.184. The molecule has 13 heavy (non-hydrogen) atoms. The molecular weight excluding hydrogens is 168 g/mol. The number of methoxy groups -OCH3 is 1. The molecule has 0 aromatic carbocycles. The van der Waals surface area contributed by atoms with Gasteiger partial charge in [-0.1, -0.05) is 5.21 Å². The molecule has 2 N–H and O–H groups in total. The fourth-order valence-electron chi connectivity index (χ4n) is 1.03. The zero-order valence-electron chi connectivity index (χ0n) is 7.94. The first-order valence-corrected chi connectivity index (χ1v) is 4.45. The van der Waals surface area contributed by atoms with E-state index in [-0.39, 0.29) is 0 Å². The Morgan fingerprint density at radius 2 is 2.46 bits per heavy atom. The van der Waals surface area contributed by atoms with Gasteiger partial charge >= 0.3 is 0 Å². The van der Waals surface area contributed by atoms with E-state index in [0.29, 0.717) is 13.2 Å². The molecule has 0 saturated heterocycles. The summed E-state index contributed by atoms with van der Waals surface area (Å²) in [5.74, 6) is 0. The van der Waals surface area contributed by atoms with E-state index in [2.05, 4.69) is 10.3 Å². The standard InChI is InChI=1S/C8H16N4O/c1-13-6-5-12-7-8(10-11-12)3-2-4-9/h7H,2-6,9H2,1H3. The Morgan fingerprint density at radius 1 is 1.62 bits per heavy atom. The van der Waals surface area contributed by atoms with Gasteiger partial charge in [-0.3, -0.25) is 0 Å². The van der Waals surface area contributed by atoms with Gasteiger partial charge < -0.3 is 10.5 Å². The number of hydrogen-bond donors (Lipinski definition) is 1. The van der Waals surface area contributed by atoms with Gasteiger partial charge in [-0.15, -0.1) is 5.10 Å². The molecule has 0 bridgehead atoms. The second kappa shape index (κ2) is 5.66. The monoisotopic (exact) mass is 184 g/mol. The molecule has 1 rings (SSSR count). The van der Waals surface area contributed by atoms with Crippen LogP contribution in [0.2, 0.25) is 0 Å². The molecule has 5 heteroatoms. The molecule has 0 amide bonds. The Labute approximate surface area is 77.9 Å². The zero-order chi connectivity index (χ0) is 9.52. The summed E-state index contributed by atoms with van der Waals surface area (Å²) < 4.78 is 6.71. The Hall–Kier alpha value is -0.940. The van der Waals surface area contributed by atoms with Gasteiger partial charge in [0.2, 0.25) is 0 Å². The minimum atomic E-state index is 0.666. The zero-order valence-corrected chi connectivity index (χ0v) is 7.94. The van der Waals surface area contributed by atoms with Crippen molar-refractivity contribution in [1.29, 1.82) is 0 Å². The SMILES string of the molecule is COCCn1cc(CCCN)nn1. The van der Waals surface area contributed by atoms with E-state index >= 15 is 0 Å². The first-order chi connectivity index (χ1) is 6.36. The van der Waals surface area contributed by atoms with Crippen molar-refractivity contribution < 1.29 is 4.74 Å². The van der Waals surface area contributed by atoms with Crippen LogP contribution >= 0.6 is 0 Å². The van der Waals surface area contributed by atoms with Crippen LogP contribution in [-0.2, 0) is 17.7 Å². The second-order valence-electron chi connectivity index (χ2n) is 2.86. The van der Waals surface area contributed by atoms with Crippen LogP contribution in [0.5, 0.6) is 0 Å². The summed E-state index contributed by atoms with van der Waals surface area (Å²) in [6.45, 7) is 2.12. The topological polar surface area (TPSA) is 66.0 Å². The molecule has 5 nitrogen and oxygen atoms in total. The molecule has 0 spiro atoms. The van der Waals surface area contributed by atoms with Crippen LogP contribution in [-0.4, -0.2) is 35.3 Å². The summed E-state index contributed by atoms with van der Waals surface area (Å²) in [7, 11) is 1.67. The number of aryl methyl sites for hydroxylation is 1. The predicted molar refractivity (Wildman–Crippen MR) is 49.3 cm³/mol. The van der Waals surface area contributed by atoms with Gasteiger partial charge in [0.15, 0.2) is 0 Å². The average molecular weight is 184 g/mol. The molecule has 0 aliphatic rings. The number of rotatable bonds is 6. The lowest BCUT2D eigenvalue weighted by Crippen LogP contribution is -2.04. The van der Waals surface area contributed by atoms with E-state index in [4.69, 9.17) is 10.5 Å². The summed E-state index contributed by atoms with van der Waals surface area (Å²) >= 11 is 0. The van der Waals surface area contributed by atoms with Crippen LogP contribution in [0.4, 0.5) is 0 Å². The highest BCUT2D eigenvalue weighted by atomic mass is 16.5. The number of hydrogen-bond acceptors (Lipinski definition) is 4. The fourth-order valence-corrected chi connectivity index (χ4v) is 1.03. The molecular formula is C8H16N4O. The molecule has 1 aromatic rings. The Kier molecular flexibility index (Phi) is 4.42. The molecule has 0 atom stereocenters. The van der Waals surface area contributed by atoms with Crippen molar-refractivity contribution >= 4 is 0 Å². The molecule has 74 valence electrons. The van der Waals surface area contributed by atoms with Crippen molar-refractivity contribution in [2.24, 2.45) is 5.73 Å². The van der Waals surface area contributed by atoms with Crippen molar-refractivity contribution in [2.75, 3.05) is 20.3 Å². The molecule has 0 unspecified atom stereocenters. The van der Waals surface area contributed by atoms with Gasteiger partial charge in [0.05, 0.1) is 18.8 Å². The fraction of sp³-hybridized carbons (Fsp3) is 0.750. The molecule has 0 fully saturated rings. The van der Waals surface area contributed by atoms with Gasteiger partial charge in [-0.05, 0) is 19.4 Å². The first-order valence-electron chi connectivity index (χ1n) is 4.45. The average Bonchev–Trinajstić information content (AvgIpc) is 2.59. The number of nitrogens with two attached hydrogens (primary N) is 1. The largest absolute Gasteiger partial charge is 0.383 e. The molecule has 0 saturated carbocycles. The Balaban J connectivity index is 2.34. The third kappa shape index (κ3) is 3.52. The normalized spacial score (nSPS) is 10.6. The lowest BCUT2D eigenvalue weighted by molar-refractivity contribution is 0.183. The summed E-state index contributed by atoms with van der Waals surface area (Å²) in [5, 5.41) is 7.96. The van der Waals surface area contributed by atoms with Crippen LogP contribution in [0.3, 0.4) is 0 Å². The van der Waals surface area contributed by atoms with E-state index < -0.39 is 0 Å². The van der Waals surface area contributed by atoms with Crippen molar-refractivity contribution in [3.63, 3.8) is 0 Å². The van der Waals surface area contributed by atoms with Crippen LogP contribution in [0.15, 0.2) is 6.20 Å². The third-order valence-electron chi connectivity index (χ3n) is 1.75. The molecule has 0 aliphatic carbocycles. The van der Waals surface area contributed by atoms with Crippen LogP contribution in [0.25, 0.3) is 0 Å². The smallest absolute Gasteiger partial charge is 0.0827 e. The van der Waals surface area contributed by atoms with Crippen LogP contribution in [0, 0.1) is 0 Å². The Bertz CT molecular complexity index is 213. The van der Waals surface area contributed by atoms with E-state index in [0.717, 1.165) is 25.1 Å². The van der Waals surface area contributed by atoms with Crippen molar-refractivity contribution in [3.8, 4) is 0 Å². The van der Waals surface area contributed by atoms with E-state index in [1.54, 1.807) is 11.8 Å². The molecule has 1 heterocycles. The molecule has 1 aromatic heterocycles. The summed E-state index contributed by atoms with van der Waals surface area (Å²) in [6, 6.07) is 0. The summed E-state index contributed by atoms with van der Waals surface area (Å²) in [5.41, 5.74) is 6.39. The third-order valence-corrected chi connectivity index (χ3v) is 1.75.